The van der Waals surface area contributed by atoms with Gasteiger partial charge in [-0.05, 0) is 55.5 Å². The standard InChI is InChI=1S/C26H32Cl2N4O2/c1-34-13-5-12-32-24-8-3-2-7-23(24)30-26(32)19-6-4-11-31(17-19)25(33)16-20(29)14-18-9-10-21(27)22(28)15-18/h2-3,7-10,15,19-20H,4-6,11-14,16-17,29H2,1H3. The molecule has 2 unspecified atom stereocenters. The van der Waals surface area contributed by atoms with Crippen LogP contribution in [0.4, 0.5) is 0 Å². The summed E-state index contributed by atoms with van der Waals surface area (Å²) in [6.07, 6.45) is 3.78. The Kier molecular flexibility index (Phi) is 8.48. The Morgan fingerprint density at radius 3 is 2.85 bits per heavy atom. The van der Waals surface area contributed by atoms with E-state index in [-0.39, 0.29) is 17.9 Å². The number of piperidine rings is 1. The third-order valence-electron chi connectivity index (χ3n) is 6.47. The zero-order valence-electron chi connectivity index (χ0n) is 19.6. The van der Waals surface area contributed by atoms with Gasteiger partial charge in [-0.2, -0.15) is 0 Å². The highest BCUT2D eigenvalue weighted by atomic mass is 35.5. The second-order valence-corrected chi connectivity index (χ2v) is 9.87. The molecule has 0 radical (unpaired) electrons. The summed E-state index contributed by atoms with van der Waals surface area (Å²) in [7, 11) is 1.73. The average molecular weight is 503 g/mol. The number of amides is 1. The van der Waals surface area contributed by atoms with E-state index in [1.165, 1.54) is 0 Å². The molecule has 0 aliphatic carbocycles. The summed E-state index contributed by atoms with van der Waals surface area (Å²) in [4.78, 5) is 20.1. The number of para-hydroxylation sites is 2. The quantitative estimate of drug-likeness (QED) is 0.415. The molecule has 3 aromatic rings. The van der Waals surface area contributed by atoms with Crippen molar-refractivity contribution >= 4 is 40.1 Å². The maximum atomic E-state index is 13.1. The van der Waals surface area contributed by atoms with Crippen molar-refractivity contribution in [3.05, 3.63) is 63.9 Å². The molecular formula is C26H32Cl2N4O2. The first-order valence-corrected chi connectivity index (χ1v) is 12.6. The van der Waals surface area contributed by atoms with Gasteiger partial charge in [-0.1, -0.05) is 41.4 Å². The first-order chi connectivity index (χ1) is 16.5. The lowest BCUT2D eigenvalue weighted by atomic mass is 9.96. The molecule has 182 valence electrons. The molecule has 4 rings (SSSR count). The monoisotopic (exact) mass is 502 g/mol. The van der Waals surface area contributed by atoms with Crippen molar-refractivity contribution in [1.29, 1.82) is 0 Å². The molecule has 1 fully saturated rings. The normalized spacial score (nSPS) is 17.3. The van der Waals surface area contributed by atoms with Crippen LogP contribution in [0.5, 0.6) is 0 Å². The lowest BCUT2D eigenvalue weighted by molar-refractivity contribution is -0.132. The van der Waals surface area contributed by atoms with Crippen molar-refractivity contribution in [2.24, 2.45) is 5.73 Å². The van der Waals surface area contributed by atoms with E-state index in [2.05, 4.69) is 16.7 Å². The number of nitrogens with zero attached hydrogens (tertiary/aromatic N) is 3. The van der Waals surface area contributed by atoms with Gasteiger partial charge in [0.05, 0.1) is 21.1 Å². The third kappa shape index (κ3) is 5.92. The van der Waals surface area contributed by atoms with Gasteiger partial charge in [0.2, 0.25) is 5.91 Å². The fourth-order valence-corrected chi connectivity index (χ4v) is 5.14. The molecule has 1 aliphatic rings. The largest absolute Gasteiger partial charge is 0.385 e. The summed E-state index contributed by atoms with van der Waals surface area (Å²) in [6.45, 7) is 2.99. The van der Waals surface area contributed by atoms with Crippen LogP contribution in [0.2, 0.25) is 10.0 Å². The molecule has 2 aromatic carbocycles. The summed E-state index contributed by atoms with van der Waals surface area (Å²) in [5, 5.41) is 1.02. The van der Waals surface area contributed by atoms with Gasteiger partial charge in [0.25, 0.3) is 0 Å². The SMILES string of the molecule is COCCCn1c(C2CCCN(C(=O)CC(N)Cc3ccc(Cl)c(Cl)c3)C2)nc2ccccc21. The highest BCUT2D eigenvalue weighted by molar-refractivity contribution is 6.42. The molecule has 2 N–H and O–H groups in total. The van der Waals surface area contributed by atoms with E-state index in [0.29, 0.717) is 36.0 Å². The molecule has 1 saturated heterocycles. The minimum absolute atomic E-state index is 0.0966. The number of carbonyl (C=O) groups excluding carboxylic acids is 1. The molecule has 1 amide bonds. The zero-order valence-corrected chi connectivity index (χ0v) is 21.1. The van der Waals surface area contributed by atoms with Crippen LogP contribution in [0.15, 0.2) is 42.5 Å². The fraction of sp³-hybridized carbons (Fsp3) is 0.462. The molecule has 0 spiro atoms. The smallest absolute Gasteiger partial charge is 0.224 e. The number of carbonyl (C=O) groups is 1. The van der Waals surface area contributed by atoms with Crippen molar-refractivity contribution in [3.63, 3.8) is 0 Å². The number of fused-ring (bicyclic) bond motifs is 1. The lowest BCUT2D eigenvalue weighted by Crippen LogP contribution is -2.42. The number of rotatable bonds is 9. The molecule has 8 heteroatoms. The van der Waals surface area contributed by atoms with Crippen LogP contribution in [0.3, 0.4) is 0 Å². The topological polar surface area (TPSA) is 73.4 Å². The van der Waals surface area contributed by atoms with E-state index >= 15 is 0 Å². The maximum absolute atomic E-state index is 13.1. The summed E-state index contributed by atoms with van der Waals surface area (Å²) < 4.78 is 7.57. The minimum Gasteiger partial charge on any atom is -0.385 e. The Balaban J connectivity index is 1.43. The van der Waals surface area contributed by atoms with Crippen LogP contribution in [-0.4, -0.2) is 53.2 Å². The second kappa shape index (κ2) is 11.5. The van der Waals surface area contributed by atoms with Crippen LogP contribution in [-0.2, 0) is 22.5 Å². The van der Waals surface area contributed by atoms with Gasteiger partial charge in [-0.3, -0.25) is 4.79 Å². The van der Waals surface area contributed by atoms with Crippen molar-refractivity contribution in [1.82, 2.24) is 14.5 Å². The number of hydrogen-bond acceptors (Lipinski definition) is 4. The van der Waals surface area contributed by atoms with Crippen molar-refractivity contribution in [3.8, 4) is 0 Å². The van der Waals surface area contributed by atoms with Gasteiger partial charge in [0, 0.05) is 51.7 Å². The number of imidazole rings is 1. The predicted molar refractivity (Wildman–Crippen MR) is 138 cm³/mol. The molecule has 0 bridgehead atoms. The average Bonchev–Trinajstić information content (AvgIpc) is 3.20. The molecule has 2 heterocycles. The van der Waals surface area contributed by atoms with Crippen LogP contribution >= 0.6 is 23.2 Å². The highest BCUT2D eigenvalue weighted by Crippen LogP contribution is 2.30. The zero-order chi connectivity index (χ0) is 24.1. The van der Waals surface area contributed by atoms with Crippen LogP contribution < -0.4 is 5.73 Å². The van der Waals surface area contributed by atoms with Crippen LogP contribution in [0, 0.1) is 0 Å². The maximum Gasteiger partial charge on any atom is 0.224 e. The van der Waals surface area contributed by atoms with Gasteiger partial charge in [-0.25, -0.2) is 4.98 Å². The van der Waals surface area contributed by atoms with Gasteiger partial charge in [0.15, 0.2) is 0 Å². The van der Waals surface area contributed by atoms with Crippen molar-refractivity contribution < 1.29 is 9.53 Å². The summed E-state index contributed by atoms with van der Waals surface area (Å²) in [5.41, 5.74) is 9.46. The van der Waals surface area contributed by atoms with Gasteiger partial charge in [0.1, 0.15) is 5.82 Å². The number of ether oxygens (including phenoxy) is 1. The Hall–Kier alpha value is -2.12. The number of halogens is 2. The predicted octanol–water partition coefficient (Wildman–Crippen LogP) is 5.05. The summed E-state index contributed by atoms with van der Waals surface area (Å²) in [6, 6.07) is 13.5. The minimum atomic E-state index is -0.274. The first kappa shape index (κ1) is 25.0. The van der Waals surface area contributed by atoms with Crippen molar-refractivity contribution in [2.75, 3.05) is 26.8 Å². The Bertz CT molecular complexity index is 1130. The van der Waals surface area contributed by atoms with E-state index in [1.54, 1.807) is 13.2 Å². The number of methoxy groups -OCH3 is 1. The number of benzene rings is 2. The number of aryl methyl sites for hydroxylation is 1. The molecular weight excluding hydrogens is 471 g/mol. The van der Waals surface area contributed by atoms with Crippen LogP contribution in [0.25, 0.3) is 11.0 Å². The Morgan fingerprint density at radius 1 is 1.24 bits per heavy atom. The van der Waals surface area contributed by atoms with E-state index in [1.807, 2.05) is 29.2 Å². The molecule has 0 saturated carbocycles. The van der Waals surface area contributed by atoms with Gasteiger partial charge in [-0.15, -0.1) is 0 Å². The number of aromatic nitrogens is 2. The van der Waals surface area contributed by atoms with Gasteiger partial charge < -0.3 is 19.9 Å². The van der Waals surface area contributed by atoms with Crippen LogP contribution in [0.1, 0.15) is 43.0 Å². The van der Waals surface area contributed by atoms with E-state index in [4.69, 9.17) is 38.7 Å². The molecule has 1 aromatic heterocycles. The second-order valence-electron chi connectivity index (χ2n) is 9.05. The van der Waals surface area contributed by atoms with Crippen molar-refractivity contribution in [2.45, 2.75) is 50.6 Å². The van der Waals surface area contributed by atoms with E-state index < -0.39 is 0 Å². The fourth-order valence-electron chi connectivity index (χ4n) is 4.82. The van der Waals surface area contributed by atoms with E-state index in [0.717, 1.165) is 54.8 Å². The van der Waals surface area contributed by atoms with E-state index in [9.17, 15) is 4.79 Å². The molecule has 34 heavy (non-hydrogen) atoms. The van der Waals surface area contributed by atoms with Gasteiger partial charge >= 0.3 is 0 Å². The summed E-state index contributed by atoms with van der Waals surface area (Å²) in [5.74, 6) is 1.37. The molecule has 1 aliphatic heterocycles. The third-order valence-corrected chi connectivity index (χ3v) is 7.21. The highest BCUT2D eigenvalue weighted by Gasteiger charge is 2.29. The Morgan fingerprint density at radius 2 is 2.06 bits per heavy atom. The lowest BCUT2D eigenvalue weighted by Gasteiger charge is -2.33. The summed E-state index contributed by atoms with van der Waals surface area (Å²) >= 11 is 12.1. The Labute approximate surface area is 211 Å². The molecule has 6 nitrogen and oxygen atoms in total. The molecule has 2 atom stereocenters. The number of likely N-dealkylation sites (tertiary alicyclic amines) is 1. The number of nitrogens with two attached hydrogens (primary N) is 1. The first-order valence-electron chi connectivity index (χ1n) is 11.9. The number of hydrogen-bond donors (Lipinski definition) is 1.